The summed E-state index contributed by atoms with van der Waals surface area (Å²) in [6.07, 6.45) is 0.892. The Bertz CT molecular complexity index is 951. The van der Waals surface area contributed by atoms with Crippen molar-refractivity contribution in [3.05, 3.63) is 71.8 Å². The molecule has 1 heterocycles. The second kappa shape index (κ2) is 11.1. The van der Waals surface area contributed by atoms with Crippen molar-refractivity contribution in [2.24, 2.45) is 0 Å². The van der Waals surface area contributed by atoms with Crippen LogP contribution in [-0.4, -0.2) is 62.8 Å². The fourth-order valence-electron chi connectivity index (χ4n) is 3.53. The molecule has 0 aromatic heterocycles. The first-order valence-electron chi connectivity index (χ1n) is 10.5. The number of hydrogen-bond donors (Lipinski definition) is 2. The minimum absolute atomic E-state index is 0.136. The van der Waals surface area contributed by atoms with Gasteiger partial charge >= 0.3 is 0 Å². The molecule has 0 spiro atoms. The predicted molar refractivity (Wildman–Crippen MR) is 120 cm³/mol. The largest absolute Gasteiger partial charge is 0.356 e. The summed E-state index contributed by atoms with van der Waals surface area (Å²) in [5, 5.41) is 5.88. The topological polar surface area (TPSA) is 95.6 Å². The monoisotopic (exact) mass is 443 g/mol. The molecule has 2 aromatic carbocycles. The highest BCUT2D eigenvalue weighted by atomic mass is 32.2. The Kier molecular flexibility index (Phi) is 8.20. The van der Waals surface area contributed by atoms with Crippen LogP contribution in [0.4, 0.5) is 0 Å². The fourth-order valence-corrected chi connectivity index (χ4v) is 4.81. The molecule has 2 N–H and O–H groups in total. The molecule has 0 saturated carbocycles. The van der Waals surface area contributed by atoms with Crippen molar-refractivity contribution in [1.29, 1.82) is 0 Å². The third kappa shape index (κ3) is 7.48. The van der Waals surface area contributed by atoms with Gasteiger partial charge < -0.3 is 15.5 Å². The molecule has 7 nitrogen and oxygen atoms in total. The van der Waals surface area contributed by atoms with E-state index in [0.29, 0.717) is 25.2 Å². The molecule has 166 valence electrons. The summed E-state index contributed by atoms with van der Waals surface area (Å²) in [6.45, 7) is 2.37. The molecular formula is C23H29N3O4S. The summed E-state index contributed by atoms with van der Waals surface area (Å²) in [6, 6.07) is 18.0. The molecule has 3 rings (SSSR count). The molecule has 1 fully saturated rings. The molecule has 8 heteroatoms. The molecular weight excluding hydrogens is 414 g/mol. The van der Waals surface area contributed by atoms with Gasteiger partial charge in [-0.05, 0) is 30.7 Å². The van der Waals surface area contributed by atoms with E-state index in [1.54, 1.807) is 24.3 Å². The second-order valence-electron chi connectivity index (χ2n) is 7.70. The lowest BCUT2D eigenvalue weighted by Gasteiger charge is -2.26. The number of hydrogen-bond acceptors (Lipinski definition) is 5. The Hall–Kier alpha value is -2.71. The van der Waals surface area contributed by atoms with Gasteiger partial charge in [0.1, 0.15) is 0 Å². The minimum Gasteiger partial charge on any atom is -0.356 e. The van der Waals surface area contributed by atoms with Crippen LogP contribution in [0.5, 0.6) is 0 Å². The normalized spacial score (nSPS) is 16.9. The van der Waals surface area contributed by atoms with Crippen molar-refractivity contribution < 1.29 is 18.0 Å². The van der Waals surface area contributed by atoms with Crippen LogP contribution in [-0.2, 0) is 14.6 Å². The number of carbonyl (C=O) groups excluding carboxylic acids is 2. The third-order valence-corrected chi connectivity index (χ3v) is 6.95. The molecule has 1 atom stereocenters. The van der Waals surface area contributed by atoms with Crippen molar-refractivity contribution >= 4 is 21.7 Å². The van der Waals surface area contributed by atoms with Crippen molar-refractivity contribution in [1.82, 2.24) is 15.5 Å². The van der Waals surface area contributed by atoms with Crippen LogP contribution in [0.1, 0.15) is 34.8 Å². The first-order chi connectivity index (χ1) is 14.9. The zero-order valence-electron chi connectivity index (χ0n) is 17.5. The number of sulfone groups is 1. The lowest BCUT2D eigenvalue weighted by molar-refractivity contribution is -0.121. The lowest BCUT2D eigenvalue weighted by Crippen LogP contribution is -2.41. The number of amides is 2. The third-order valence-electron chi connectivity index (χ3n) is 5.34. The summed E-state index contributed by atoms with van der Waals surface area (Å²) in [4.78, 5) is 27.2. The highest BCUT2D eigenvalue weighted by molar-refractivity contribution is 7.91. The van der Waals surface area contributed by atoms with Crippen LogP contribution < -0.4 is 10.6 Å². The van der Waals surface area contributed by atoms with Crippen LogP contribution in [0.15, 0.2) is 60.7 Å². The Morgan fingerprint density at radius 1 is 0.935 bits per heavy atom. The van der Waals surface area contributed by atoms with Crippen molar-refractivity contribution in [2.75, 3.05) is 37.7 Å². The lowest BCUT2D eigenvalue weighted by atomic mass is 10.0. The van der Waals surface area contributed by atoms with Gasteiger partial charge in [0.15, 0.2) is 9.84 Å². The Balaban J connectivity index is 1.48. The summed E-state index contributed by atoms with van der Waals surface area (Å²) < 4.78 is 23.0. The van der Waals surface area contributed by atoms with Crippen LogP contribution >= 0.6 is 0 Å². The average Bonchev–Trinajstić information content (AvgIpc) is 2.78. The number of benzene rings is 2. The first-order valence-corrected chi connectivity index (χ1v) is 12.4. The average molecular weight is 444 g/mol. The van der Waals surface area contributed by atoms with Gasteiger partial charge in [-0.3, -0.25) is 9.59 Å². The van der Waals surface area contributed by atoms with Crippen LogP contribution in [0.25, 0.3) is 0 Å². The minimum atomic E-state index is -2.88. The van der Waals surface area contributed by atoms with Crippen molar-refractivity contribution in [3.63, 3.8) is 0 Å². The number of rotatable bonds is 9. The summed E-state index contributed by atoms with van der Waals surface area (Å²) in [5.41, 5.74) is 1.42. The molecule has 0 radical (unpaired) electrons. The van der Waals surface area contributed by atoms with E-state index in [4.69, 9.17) is 0 Å². The highest BCUT2D eigenvalue weighted by Crippen LogP contribution is 2.17. The van der Waals surface area contributed by atoms with Gasteiger partial charge in [-0.25, -0.2) is 8.42 Å². The van der Waals surface area contributed by atoms with E-state index in [1.807, 2.05) is 36.4 Å². The van der Waals surface area contributed by atoms with Crippen molar-refractivity contribution in [3.8, 4) is 0 Å². The van der Waals surface area contributed by atoms with Gasteiger partial charge in [-0.1, -0.05) is 48.5 Å². The van der Waals surface area contributed by atoms with Crippen molar-refractivity contribution in [2.45, 2.75) is 18.9 Å². The zero-order chi connectivity index (χ0) is 22.1. The first kappa shape index (κ1) is 23.0. The fraction of sp³-hybridized carbons (Fsp3) is 0.391. The molecule has 0 bridgehead atoms. The van der Waals surface area contributed by atoms with E-state index in [-0.39, 0.29) is 29.7 Å². The summed E-state index contributed by atoms with van der Waals surface area (Å²) in [5.74, 6) is 0.0593. The maximum atomic E-state index is 12.6. The standard InChI is InChI=1S/C23H29N3O4S/c27-22(24-12-7-13-26-14-16-31(29,30)17-15-26)18-21(19-8-3-1-4-9-19)25-23(28)20-10-5-2-6-11-20/h1-6,8-11,21H,7,12-18H2,(H,24,27)(H,25,28)/t21-/m1/s1. The molecule has 1 aliphatic rings. The van der Waals surface area contributed by atoms with Crippen LogP contribution in [0, 0.1) is 0 Å². The van der Waals surface area contributed by atoms with E-state index in [1.165, 1.54) is 0 Å². The Labute approximate surface area is 183 Å². The van der Waals surface area contributed by atoms with Gasteiger partial charge in [0.25, 0.3) is 5.91 Å². The zero-order valence-corrected chi connectivity index (χ0v) is 18.3. The maximum absolute atomic E-state index is 12.6. The molecule has 0 aliphatic carbocycles. The van der Waals surface area contributed by atoms with Gasteiger partial charge in [0.2, 0.25) is 5.91 Å². The second-order valence-corrected chi connectivity index (χ2v) is 10.0. The van der Waals surface area contributed by atoms with E-state index >= 15 is 0 Å². The summed E-state index contributed by atoms with van der Waals surface area (Å²) >= 11 is 0. The van der Waals surface area contributed by atoms with Crippen LogP contribution in [0.2, 0.25) is 0 Å². The molecule has 1 aliphatic heterocycles. The van der Waals surface area contributed by atoms with E-state index < -0.39 is 15.9 Å². The Morgan fingerprint density at radius 3 is 2.19 bits per heavy atom. The van der Waals surface area contributed by atoms with E-state index in [2.05, 4.69) is 15.5 Å². The quantitative estimate of drug-likeness (QED) is 0.576. The van der Waals surface area contributed by atoms with E-state index in [0.717, 1.165) is 18.5 Å². The van der Waals surface area contributed by atoms with E-state index in [9.17, 15) is 18.0 Å². The molecule has 2 amide bonds. The molecule has 2 aromatic rings. The predicted octanol–water partition coefficient (Wildman–Crippen LogP) is 1.78. The molecule has 1 saturated heterocycles. The number of nitrogens with zero attached hydrogens (tertiary/aromatic N) is 1. The SMILES string of the molecule is O=C(C[C@@H](NC(=O)c1ccccc1)c1ccccc1)NCCCN1CCS(=O)(=O)CC1. The van der Waals surface area contributed by atoms with Gasteiger partial charge in [-0.15, -0.1) is 0 Å². The molecule has 31 heavy (non-hydrogen) atoms. The smallest absolute Gasteiger partial charge is 0.251 e. The van der Waals surface area contributed by atoms with Gasteiger partial charge in [0.05, 0.1) is 24.0 Å². The maximum Gasteiger partial charge on any atom is 0.251 e. The Morgan fingerprint density at radius 2 is 1.55 bits per heavy atom. The van der Waals surface area contributed by atoms with Gasteiger partial charge in [0, 0.05) is 25.2 Å². The van der Waals surface area contributed by atoms with Crippen LogP contribution in [0.3, 0.4) is 0 Å². The summed E-state index contributed by atoms with van der Waals surface area (Å²) in [7, 11) is -2.88. The van der Waals surface area contributed by atoms with Gasteiger partial charge in [-0.2, -0.15) is 0 Å². The number of carbonyl (C=O) groups is 2. The molecule has 0 unspecified atom stereocenters. The highest BCUT2D eigenvalue weighted by Gasteiger charge is 2.21. The number of nitrogens with one attached hydrogen (secondary N) is 2.